The lowest BCUT2D eigenvalue weighted by Gasteiger charge is -2.13. The lowest BCUT2D eigenvalue weighted by atomic mass is 10.1. The summed E-state index contributed by atoms with van der Waals surface area (Å²) in [5.74, 6) is -1.66. The Bertz CT molecular complexity index is 1350. The van der Waals surface area contributed by atoms with Crippen LogP contribution in [0.25, 0.3) is 10.8 Å². The fourth-order valence-corrected chi connectivity index (χ4v) is 3.67. The third kappa shape index (κ3) is 5.07. The van der Waals surface area contributed by atoms with Gasteiger partial charge in [-0.1, -0.05) is 24.3 Å². The number of methoxy groups -OCH3 is 2. The molecule has 4 aromatic rings. The largest absolute Gasteiger partial charge is 0.465 e. The zero-order valence-electron chi connectivity index (χ0n) is 19.5. The summed E-state index contributed by atoms with van der Waals surface area (Å²) in [4.78, 5) is 48.9. The maximum absolute atomic E-state index is 12.8. The molecule has 8 heteroatoms. The SMILES string of the molecule is COC(=O)c1ccc(C(=O)Nc2cccc3c(NC(=O)c4ccc(C(=O)OC)cc4)cccc23)cc1. The number of anilines is 2. The molecule has 4 rings (SSSR count). The minimum atomic E-state index is -0.481. The summed E-state index contributed by atoms with van der Waals surface area (Å²) in [6, 6.07) is 23.0. The maximum atomic E-state index is 12.8. The maximum Gasteiger partial charge on any atom is 0.337 e. The van der Waals surface area contributed by atoms with Crippen LogP contribution in [0.4, 0.5) is 11.4 Å². The van der Waals surface area contributed by atoms with Gasteiger partial charge in [-0.25, -0.2) is 9.59 Å². The van der Waals surface area contributed by atoms with Crippen LogP contribution >= 0.6 is 0 Å². The number of esters is 2. The molecule has 0 spiro atoms. The molecule has 0 radical (unpaired) electrons. The van der Waals surface area contributed by atoms with Crippen LogP contribution in [0.5, 0.6) is 0 Å². The molecule has 0 aliphatic rings. The topological polar surface area (TPSA) is 111 Å². The summed E-state index contributed by atoms with van der Waals surface area (Å²) in [5.41, 5.74) is 2.57. The zero-order valence-corrected chi connectivity index (χ0v) is 19.5. The fraction of sp³-hybridized carbons (Fsp3) is 0.0714. The van der Waals surface area contributed by atoms with Crippen LogP contribution in [-0.4, -0.2) is 38.0 Å². The van der Waals surface area contributed by atoms with Gasteiger partial charge in [-0.05, 0) is 60.7 Å². The summed E-state index contributed by atoms with van der Waals surface area (Å²) >= 11 is 0. The van der Waals surface area contributed by atoms with E-state index < -0.39 is 11.9 Å². The Morgan fingerprint density at radius 3 is 1.17 bits per heavy atom. The van der Waals surface area contributed by atoms with Gasteiger partial charge < -0.3 is 20.1 Å². The number of benzene rings is 4. The highest BCUT2D eigenvalue weighted by atomic mass is 16.5. The van der Waals surface area contributed by atoms with Crippen LogP contribution in [0, 0.1) is 0 Å². The summed E-state index contributed by atoms with van der Waals surface area (Å²) in [6.07, 6.45) is 0. The summed E-state index contributed by atoms with van der Waals surface area (Å²) < 4.78 is 9.36. The van der Waals surface area contributed by atoms with E-state index in [1.165, 1.54) is 38.5 Å². The van der Waals surface area contributed by atoms with Crippen LogP contribution in [0.15, 0.2) is 84.9 Å². The monoisotopic (exact) mass is 482 g/mol. The Hall–Kier alpha value is -4.98. The van der Waals surface area contributed by atoms with Gasteiger partial charge >= 0.3 is 11.9 Å². The average Bonchev–Trinajstić information content (AvgIpc) is 2.92. The van der Waals surface area contributed by atoms with E-state index >= 15 is 0 Å². The molecule has 0 atom stereocenters. The molecular formula is C28H22N2O6. The number of rotatable bonds is 6. The van der Waals surface area contributed by atoms with Gasteiger partial charge in [0, 0.05) is 33.3 Å². The second-order valence-electron chi connectivity index (χ2n) is 7.75. The van der Waals surface area contributed by atoms with Crippen molar-refractivity contribution < 1.29 is 28.7 Å². The summed E-state index contributed by atoms with van der Waals surface area (Å²) in [5, 5.41) is 7.24. The molecule has 36 heavy (non-hydrogen) atoms. The van der Waals surface area contributed by atoms with E-state index in [1.54, 1.807) is 48.5 Å². The third-order valence-electron chi connectivity index (χ3n) is 5.55. The van der Waals surface area contributed by atoms with Gasteiger partial charge in [0.15, 0.2) is 0 Å². The number of amides is 2. The molecule has 0 aromatic heterocycles. The number of carbonyl (C=O) groups is 4. The van der Waals surface area contributed by atoms with Crippen LogP contribution in [0.1, 0.15) is 41.4 Å². The van der Waals surface area contributed by atoms with E-state index in [9.17, 15) is 19.2 Å². The van der Waals surface area contributed by atoms with Gasteiger partial charge in [0.25, 0.3) is 11.8 Å². The molecule has 0 aliphatic carbocycles. The second kappa shape index (κ2) is 10.5. The first-order valence-electron chi connectivity index (χ1n) is 10.9. The van der Waals surface area contributed by atoms with Crippen molar-refractivity contribution in [3.05, 3.63) is 107 Å². The first kappa shape index (κ1) is 24.2. The van der Waals surface area contributed by atoms with Gasteiger partial charge in [0.05, 0.1) is 25.3 Å². The lowest BCUT2D eigenvalue weighted by molar-refractivity contribution is 0.0592. The quantitative estimate of drug-likeness (QED) is 0.378. The first-order valence-corrected chi connectivity index (χ1v) is 10.9. The Balaban J connectivity index is 1.55. The third-order valence-corrected chi connectivity index (χ3v) is 5.55. The number of fused-ring (bicyclic) bond motifs is 1. The normalized spacial score (nSPS) is 10.4. The molecule has 2 amide bonds. The number of ether oxygens (including phenoxy) is 2. The minimum absolute atomic E-state index is 0.347. The van der Waals surface area contributed by atoms with Crippen LogP contribution < -0.4 is 10.6 Å². The van der Waals surface area contributed by atoms with E-state index in [-0.39, 0.29) is 11.8 Å². The molecule has 0 saturated heterocycles. The van der Waals surface area contributed by atoms with Gasteiger partial charge in [-0.15, -0.1) is 0 Å². The van der Waals surface area contributed by atoms with Crippen molar-refractivity contribution in [1.82, 2.24) is 0 Å². The molecule has 0 aliphatic heterocycles. The zero-order chi connectivity index (χ0) is 25.7. The molecule has 4 aromatic carbocycles. The van der Waals surface area contributed by atoms with Gasteiger partial charge in [0.1, 0.15) is 0 Å². The van der Waals surface area contributed by atoms with Crippen molar-refractivity contribution >= 4 is 45.9 Å². The van der Waals surface area contributed by atoms with Gasteiger partial charge in [-0.2, -0.15) is 0 Å². The van der Waals surface area contributed by atoms with E-state index in [2.05, 4.69) is 20.1 Å². The predicted octanol–water partition coefficient (Wildman–Crippen LogP) is 4.92. The standard InChI is InChI=1S/C28H22N2O6/c1-35-27(33)19-13-9-17(10-14-19)25(31)29-23-7-3-6-22-21(23)5-4-8-24(22)30-26(32)18-11-15-20(16-12-18)28(34)36-2/h3-16H,1-2H3,(H,29,31)(H,30,32). The Kier molecular flexibility index (Phi) is 7.06. The lowest BCUT2D eigenvalue weighted by Crippen LogP contribution is -2.14. The Morgan fingerprint density at radius 1 is 0.500 bits per heavy atom. The molecular weight excluding hydrogens is 460 g/mol. The molecule has 0 heterocycles. The highest BCUT2D eigenvalue weighted by Gasteiger charge is 2.14. The number of carbonyl (C=O) groups excluding carboxylic acids is 4. The molecule has 0 fully saturated rings. The molecule has 0 unspecified atom stereocenters. The Labute approximate surface area is 206 Å². The van der Waals surface area contributed by atoms with E-state index in [0.29, 0.717) is 33.6 Å². The van der Waals surface area contributed by atoms with Crippen LogP contribution in [0.3, 0.4) is 0 Å². The molecule has 180 valence electrons. The van der Waals surface area contributed by atoms with Crippen LogP contribution in [0.2, 0.25) is 0 Å². The van der Waals surface area contributed by atoms with E-state index in [4.69, 9.17) is 0 Å². The van der Waals surface area contributed by atoms with E-state index in [1.807, 2.05) is 12.1 Å². The second-order valence-corrected chi connectivity index (χ2v) is 7.75. The van der Waals surface area contributed by atoms with Crippen molar-refractivity contribution in [2.45, 2.75) is 0 Å². The highest BCUT2D eigenvalue weighted by Crippen LogP contribution is 2.30. The first-order chi connectivity index (χ1) is 17.4. The molecule has 2 N–H and O–H groups in total. The molecule has 0 bridgehead atoms. The molecule has 0 saturated carbocycles. The number of nitrogens with one attached hydrogen (secondary N) is 2. The minimum Gasteiger partial charge on any atom is -0.465 e. The summed E-state index contributed by atoms with van der Waals surface area (Å²) in [6.45, 7) is 0. The predicted molar refractivity (Wildman–Crippen MR) is 135 cm³/mol. The average molecular weight is 482 g/mol. The van der Waals surface area contributed by atoms with Crippen molar-refractivity contribution in [1.29, 1.82) is 0 Å². The van der Waals surface area contributed by atoms with Crippen molar-refractivity contribution in [2.75, 3.05) is 24.9 Å². The van der Waals surface area contributed by atoms with Crippen molar-refractivity contribution in [3.63, 3.8) is 0 Å². The molecule has 8 nitrogen and oxygen atoms in total. The van der Waals surface area contributed by atoms with Gasteiger partial charge in [-0.3, -0.25) is 9.59 Å². The Morgan fingerprint density at radius 2 is 0.833 bits per heavy atom. The van der Waals surface area contributed by atoms with E-state index in [0.717, 1.165) is 10.8 Å². The number of hydrogen-bond acceptors (Lipinski definition) is 6. The smallest absolute Gasteiger partial charge is 0.337 e. The van der Waals surface area contributed by atoms with Crippen molar-refractivity contribution in [2.24, 2.45) is 0 Å². The van der Waals surface area contributed by atoms with Gasteiger partial charge in [0.2, 0.25) is 0 Å². The van der Waals surface area contributed by atoms with Crippen molar-refractivity contribution in [3.8, 4) is 0 Å². The van der Waals surface area contributed by atoms with Crippen LogP contribution in [-0.2, 0) is 9.47 Å². The highest BCUT2D eigenvalue weighted by molar-refractivity contribution is 6.14. The number of hydrogen-bond donors (Lipinski definition) is 2. The fourth-order valence-electron chi connectivity index (χ4n) is 3.67. The summed E-state index contributed by atoms with van der Waals surface area (Å²) in [7, 11) is 2.59.